The molecule has 0 saturated heterocycles. The number of hydrogen-bond acceptors (Lipinski definition) is 6. The van der Waals surface area contributed by atoms with Crippen LogP contribution in [-0.4, -0.2) is 29.6 Å². The Hall–Kier alpha value is -2.35. The van der Waals surface area contributed by atoms with Crippen molar-refractivity contribution in [3.63, 3.8) is 0 Å². The van der Waals surface area contributed by atoms with E-state index >= 15 is 0 Å². The average Bonchev–Trinajstić information content (AvgIpc) is 2.43. The van der Waals surface area contributed by atoms with Crippen molar-refractivity contribution in [2.24, 2.45) is 5.73 Å². The van der Waals surface area contributed by atoms with Crippen molar-refractivity contribution in [1.29, 1.82) is 0 Å². The third-order valence-electron chi connectivity index (χ3n) is 3.80. The number of fused-ring (bicyclic) bond motifs is 1. The summed E-state index contributed by atoms with van der Waals surface area (Å²) >= 11 is 0. The molecule has 0 bridgehead atoms. The van der Waals surface area contributed by atoms with Crippen LogP contribution in [0.4, 0.5) is 11.4 Å². The zero-order chi connectivity index (χ0) is 15.0. The molecule has 0 spiro atoms. The Bertz CT molecular complexity index is 612. The van der Waals surface area contributed by atoms with Gasteiger partial charge in [-0.1, -0.05) is 0 Å². The molecular weight excluding hydrogens is 278 g/mol. The maximum atomic E-state index is 12.1. The second kappa shape index (κ2) is 4.88. The number of rotatable bonds is 3. The number of anilines is 1. The highest BCUT2D eigenvalue weighted by Crippen LogP contribution is 2.40. The SMILES string of the molecule is NC1(C(=O)Nc2cc3c(cc2[N+](=O)[O-])OCCO3)CCC1. The van der Waals surface area contributed by atoms with Gasteiger partial charge >= 0.3 is 0 Å². The van der Waals surface area contributed by atoms with Crippen molar-refractivity contribution in [3.05, 3.63) is 22.2 Å². The highest BCUT2D eigenvalue weighted by Gasteiger charge is 2.41. The highest BCUT2D eigenvalue weighted by atomic mass is 16.6. The van der Waals surface area contributed by atoms with Crippen LogP contribution in [0, 0.1) is 10.1 Å². The fourth-order valence-corrected chi connectivity index (χ4v) is 2.36. The van der Waals surface area contributed by atoms with E-state index in [1.807, 2.05) is 0 Å². The summed E-state index contributed by atoms with van der Waals surface area (Å²) < 4.78 is 10.7. The number of hydrogen-bond donors (Lipinski definition) is 2. The number of nitrogens with one attached hydrogen (secondary N) is 1. The topological polar surface area (TPSA) is 117 Å². The summed E-state index contributed by atoms with van der Waals surface area (Å²) in [6, 6.07) is 2.67. The molecule has 8 nitrogen and oxygen atoms in total. The van der Waals surface area contributed by atoms with E-state index in [-0.39, 0.29) is 11.4 Å². The number of nitrogens with two attached hydrogens (primary N) is 1. The van der Waals surface area contributed by atoms with E-state index in [9.17, 15) is 14.9 Å². The molecule has 1 aliphatic heterocycles. The third-order valence-corrected chi connectivity index (χ3v) is 3.80. The van der Waals surface area contributed by atoms with Gasteiger partial charge in [0.15, 0.2) is 11.5 Å². The van der Waals surface area contributed by atoms with E-state index in [0.29, 0.717) is 37.6 Å². The lowest BCUT2D eigenvalue weighted by Crippen LogP contribution is -2.56. The first-order valence-corrected chi connectivity index (χ1v) is 6.68. The highest BCUT2D eigenvalue weighted by molar-refractivity contribution is 6.00. The number of amides is 1. The summed E-state index contributed by atoms with van der Waals surface area (Å²) in [6.07, 6.45) is 2.04. The molecule has 1 aromatic carbocycles. The average molecular weight is 293 g/mol. The molecule has 21 heavy (non-hydrogen) atoms. The summed E-state index contributed by atoms with van der Waals surface area (Å²) in [5.41, 5.74) is 4.83. The van der Waals surface area contributed by atoms with Gasteiger partial charge in [0, 0.05) is 6.07 Å². The molecular formula is C13H15N3O5. The van der Waals surface area contributed by atoms with Gasteiger partial charge in [-0.05, 0) is 19.3 Å². The molecule has 0 radical (unpaired) electrons. The summed E-state index contributed by atoms with van der Waals surface area (Å²) in [4.78, 5) is 22.7. The molecule has 0 atom stereocenters. The molecule has 112 valence electrons. The first-order valence-electron chi connectivity index (χ1n) is 6.68. The van der Waals surface area contributed by atoms with Gasteiger partial charge in [-0.3, -0.25) is 14.9 Å². The molecule has 1 heterocycles. The van der Waals surface area contributed by atoms with Gasteiger partial charge in [0.1, 0.15) is 18.9 Å². The van der Waals surface area contributed by atoms with Crippen LogP contribution < -0.4 is 20.5 Å². The first-order chi connectivity index (χ1) is 9.99. The Morgan fingerprint density at radius 1 is 1.29 bits per heavy atom. The minimum Gasteiger partial charge on any atom is -0.486 e. The summed E-state index contributed by atoms with van der Waals surface area (Å²) in [5, 5.41) is 13.7. The molecule has 3 N–H and O–H groups in total. The van der Waals surface area contributed by atoms with E-state index < -0.39 is 16.4 Å². The van der Waals surface area contributed by atoms with E-state index in [1.54, 1.807) is 0 Å². The van der Waals surface area contributed by atoms with Gasteiger partial charge < -0.3 is 20.5 Å². The number of benzene rings is 1. The fraction of sp³-hybridized carbons (Fsp3) is 0.462. The fourth-order valence-electron chi connectivity index (χ4n) is 2.36. The predicted molar refractivity (Wildman–Crippen MR) is 73.5 cm³/mol. The zero-order valence-electron chi connectivity index (χ0n) is 11.3. The van der Waals surface area contributed by atoms with Gasteiger partial charge in [-0.2, -0.15) is 0 Å². The molecule has 2 aliphatic rings. The van der Waals surface area contributed by atoms with Gasteiger partial charge in [0.25, 0.3) is 5.69 Å². The second-order valence-corrected chi connectivity index (χ2v) is 5.23. The number of nitro groups is 1. The van der Waals surface area contributed by atoms with Crippen LogP contribution in [0.2, 0.25) is 0 Å². The lowest BCUT2D eigenvalue weighted by Gasteiger charge is -2.36. The van der Waals surface area contributed by atoms with E-state index in [1.165, 1.54) is 12.1 Å². The van der Waals surface area contributed by atoms with Gasteiger partial charge in [-0.25, -0.2) is 0 Å². The van der Waals surface area contributed by atoms with Crippen LogP contribution in [0.15, 0.2) is 12.1 Å². The van der Waals surface area contributed by atoms with Gasteiger partial charge in [0.2, 0.25) is 5.91 Å². The Morgan fingerprint density at radius 2 is 1.90 bits per heavy atom. The first kappa shape index (κ1) is 13.6. The van der Waals surface area contributed by atoms with Crippen molar-refractivity contribution < 1.29 is 19.2 Å². The monoisotopic (exact) mass is 293 g/mol. The Kier molecular flexibility index (Phi) is 3.17. The van der Waals surface area contributed by atoms with Crippen molar-refractivity contribution in [1.82, 2.24) is 0 Å². The minimum absolute atomic E-state index is 0.0750. The van der Waals surface area contributed by atoms with Crippen LogP contribution in [0.1, 0.15) is 19.3 Å². The number of ether oxygens (including phenoxy) is 2. The number of nitrogens with zero attached hydrogens (tertiary/aromatic N) is 1. The van der Waals surface area contributed by atoms with Gasteiger partial charge in [0.05, 0.1) is 16.5 Å². The molecule has 1 aromatic rings. The molecule has 0 aromatic heterocycles. The Balaban J connectivity index is 1.92. The largest absolute Gasteiger partial charge is 0.486 e. The summed E-state index contributed by atoms with van der Waals surface area (Å²) in [5.74, 6) is 0.271. The van der Waals surface area contributed by atoms with Crippen LogP contribution in [0.3, 0.4) is 0 Å². The van der Waals surface area contributed by atoms with E-state index in [2.05, 4.69) is 5.32 Å². The number of nitro benzene ring substituents is 1. The number of carbonyl (C=O) groups is 1. The third kappa shape index (κ3) is 2.38. The van der Waals surface area contributed by atoms with Crippen molar-refractivity contribution >= 4 is 17.3 Å². The van der Waals surface area contributed by atoms with E-state index in [0.717, 1.165) is 6.42 Å². The summed E-state index contributed by atoms with van der Waals surface area (Å²) in [6.45, 7) is 0.695. The van der Waals surface area contributed by atoms with Crippen LogP contribution in [0.5, 0.6) is 11.5 Å². The van der Waals surface area contributed by atoms with E-state index in [4.69, 9.17) is 15.2 Å². The Labute approximate surface area is 120 Å². The van der Waals surface area contributed by atoms with Crippen LogP contribution >= 0.6 is 0 Å². The molecule has 0 unspecified atom stereocenters. The second-order valence-electron chi connectivity index (χ2n) is 5.23. The molecule has 1 saturated carbocycles. The number of carbonyl (C=O) groups excluding carboxylic acids is 1. The summed E-state index contributed by atoms with van der Waals surface area (Å²) in [7, 11) is 0. The van der Waals surface area contributed by atoms with Crippen molar-refractivity contribution in [3.8, 4) is 11.5 Å². The van der Waals surface area contributed by atoms with Crippen LogP contribution in [0.25, 0.3) is 0 Å². The zero-order valence-corrected chi connectivity index (χ0v) is 11.3. The van der Waals surface area contributed by atoms with Crippen molar-refractivity contribution in [2.45, 2.75) is 24.8 Å². The van der Waals surface area contributed by atoms with Gasteiger partial charge in [-0.15, -0.1) is 0 Å². The van der Waals surface area contributed by atoms with Crippen LogP contribution in [-0.2, 0) is 4.79 Å². The standard InChI is InChI=1S/C13H15N3O5/c14-13(2-1-3-13)12(17)15-8-6-10-11(21-5-4-20-10)7-9(8)16(18)19/h6-7H,1-5,14H2,(H,15,17). The maximum Gasteiger partial charge on any atom is 0.296 e. The molecule has 1 fully saturated rings. The lowest BCUT2D eigenvalue weighted by molar-refractivity contribution is -0.384. The molecule has 3 rings (SSSR count). The molecule has 1 aliphatic carbocycles. The van der Waals surface area contributed by atoms with Crippen molar-refractivity contribution in [2.75, 3.05) is 18.5 Å². The smallest absolute Gasteiger partial charge is 0.296 e. The predicted octanol–water partition coefficient (Wildman–Crippen LogP) is 1.19. The molecule has 8 heteroatoms. The maximum absolute atomic E-state index is 12.1. The lowest BCUT2D eigenvalue weighted by atomic mass is 9.77. The normalized spacial score (nSPS) is 18.5. The Morgan fingerprint density at radius 3 is 2.43 bits per heavy atom. The molecule has 1 amide bonds. The quantitative estimate of drug-likeness (QED) is 0.638. The minimum atomic E-state index is -0.929.